The molecule has 0 spiro atoms. The van der Waals surface area contributed by atoms with Crippen LogP contribution in [0.25, 0.3) is 10.9 Å². The van der Waals surface area contributed by atoms with E-state index in [4.69, 9.17) is 0 Å². The number of anilines is 1. The van der Waals surface area contributed by atoms with Crippen molar-refractivity contribution in [3.8, 4) is 0 Å². The van der Waals surface area contributed by atoms with Gasteiger partial charge in [0.1, 0.15) is 12.1 Å². The number of aromatic nitrogens is 1. The summed E-state index contributed by atoms with van der Waals surface area (Å²) >= 11 is 0. The van der Waals surface area contributed by atoms with E-state index in [2.05, 4.69) is 10.3 Å². The molecule has 3 atom stereocenters. The molecule has 0 bridgehead atoms. The molecular weight excluding hydrogens is 494 g/mol. The molecule has 9 heteroatoms. The number of fused-ring (bicyclic) bond motifs is 2. The average molecular weight is 530 g/mol. The molecule has 3 aromatic rings. The van der Waals surface area contributed by atoms with E-state index in [1.165, 1.54) is 0 Å². The van der Waals surface area contributed by atoms with E-state index in [0.717, 1.165) is 16.6 Å². The lowest BCUT2D eigenvalue weighted by molar-refractivity contribution is -0.138. The molecule has 0 radical (unpaired) electrons. The van der Waals surface area contributed by atoms with E-state index in [-0.39, 0.29) is 42.0 Å². The first-order valence-corrected chi connectivity index (χ1v) is 13.4. The Bertz CT molecular complexity index is 1410. The number of nitrogens with one attached hydrogen (secondary N) is 2. The van der Waals surface area contributed by atoms with Gasteiger partial charge in [-0.1, -0.05) is 19.9 Å². The summed E-state index contributed by atoms with van der Waals surface area (Å²) in [6, 6.07) is 12.7. The molecule has 3 heterocycles. The summed E-state index contributed by atoms with van der Waals surface area (Å²) in [5, 5.41) is 3.93. The number of likely N-dealkylation sites (tertiary alicyclic amines) is 2. The van der Waals surface area contributed by atoms with Crippen molar-refractivity contribution in [2.45, 2.75) is 44.8 Å². The highest BCUT2D eigenvalue weighted by atomic mass is 16.2. The number of ketones is 1. The SMILES string of the molecule is CC(C)C[C@H](NC(=O)c1ccc(N(C)C)cc1)C(=O)N1CC[C@@H]2[C@H]1C(=O)CN2C(=O)c1ccc2cc[nH]c2c1. The van der Waals surface area contributed by atoms with Gasteiger partial charge in [-0.25, -0.2) is 0 Å². The molecule has 39 heavy (non-hydrogen) atoms. The zero-order valence-corrected chi connectivity index (χ0v) is 22.8. The lowest BCUT2D eigenvalue weighted by Crippen LogP contribution is -2.53. The fraction of sp³-hybridized carbons (Fsp3) is 0.400. The molecule has 9 nitrogen and oxygen atoms in total. The molecular formula is C30H35N5O4. The summed E-state index contributed by atoms with van der Waals surface area (Å²) in [4.78, 5) is 61.7. The van der Waals surface area contributed by atoms with Gasteiger partial charge in [-0.2, -0.15) is 0 Å². The Kier molecular flexibility index (Phi) is 7.16. The van der Waals surface area contributed by atoms with Crippen molar-refractivity contribution in [3.05, 3.63) is 65.9 Å². The van der Waals surface area contributed by atoms with Gasteiger partial charge in [-0.05, 0) is 66.6 Å². The minimum Gasteiger partial charge on any atom is -0.378 e. The Morgan fingerprint density at radius 1 is 1.03 bits per heavy atom. The predicted octanol–water partition coefficient (Wildman–Crippen LogP) is 3.07. The van der Waals surface area contributed by atoms with Gasteiger partial charge < -0.3 is 25.0 Å². The number of carbonyl (C=O) groups is 4. The number of benzene rings is 2. The average Bonchev–Trinajstić information content (AvgIpc) is 3.63. The smallest absolute Gasteiger partial charge is 0.254 e. The van der Waals surface area contributed by atoms with Crippen LogP contribution in [0.1, 0.15) is 47.4 Å². The number of nitrogens with zero attached hydrogens (tertiary/aromatic N) is 3. The van der Waals surface area contributed by atoms with Crippen molar-refractivity contribution in [2.75, 3.05) is 32.1 Å². The second kappa shape index (κ2) is 10.6. The molecule has 2 aliphatic rings. The third-order valence-corrected chi connectivity index (χ3v) is 7.72. The first-order valence-electron chi connectivity index (χ1n) is 13.4. The second-order valence-electron chi connectivity index (χ2n) is 11.1. The maximum absolute atomic E-state index is 13.8. The van der Waals surface area contributed by atoms with Gasteiger partial charge in [0.2, 0.25) is 5.91 Å². The lowest BCUT2D eigenvalue weighted by Gasteiger charge is -2.29. The summed E-state index contributed by atoms with van der Waals surface area (Å²) in [6.07, 6.45) is 2.79. The van der Waals surface area contributed by atoms with Crippen LogP contribution in [0.2, 0.25) is 0 Å². The van der Waals surface area contributed by atoms with Crippen molar-refractivity contribution >= 4 is 40.1 Å². The van der Waals surface area contributed by atoms with Crippen LogP contribution < -0.4 is 10.2 Å². The van der Waals surface area contributed by atoms with Gasteiger partial charge in [0.15, 0.2) is 5.78 Å². The van der Waals surface area contributed by atoms with Crippen LogP contribution in [0, 0.1) is 5.92 Å². The van der Waals surface area contributed by atoms with Gasteiger partial charge in [0.05, 0.1) is 12.6 Å². The van der Waals surface area contributed by atoms with E-state index >= 15 is 0 Å². The monoisotopic (exact) mass is 529 g/mol. The fourth-order valence-electron chi connectivity index (χ4n) is 5.73. The molecule has 0 saturated carbocycles. The molecule has 204 valence electrons. The highest BCUT2D eigenvalue weighted by Gasteiger charge is 2.52. The molecule has 2 saturated heterocycles. The number of rotatable bonds is 7. The summed E-state index contributed by atoms with van der Waals surface area (Å²) < 4.78 is 0. The number of carbonyl (C=O) groups excluding carboxylic acids is 4. The maximum atomic E-state index is 13.8. The third kappa shape index (κ3) is 5.13. The highest BCUT2D eigenvalue weighted by Crippen LogP contribution is 2.32. The Morgan fingerprint density at radius 3 is 2.44 bits per heavy atom. The molecule has 1 aromatic heterocycles. The van der Waals surface area contributed by atoms with Crippen LogP contribution in [-0.2, 0) is 9.59 Å². The maximum Gasteiger partial charge on any atom is 0.254 e. The van der Waals surface area contributed by atoms with E-state index < -0.39 is 12.1 Å². The van der Waals surface area contributed by atoms with Crippen LogP contribution >= 0.6 is 0 Å². The Hall–Kier alpha value is -4.14. The van der Waals surface area contributed by atoms with Crippen molar-refractivity contribution in [2.24, 2.45) is 5.92 Å². The quantitative estimate of drug-likeness (QED) is 0.489. The van der Waals surface area contributed by atoms with Crippen molar-refractivity contribution < 1.29 is 19.2 Å². The van der Waals surface area contributed by atoms with Crippen LogP contribution in [0.5, 0.6) is 0 Å². The molecule has 0 unspecified atom stereocenters. The summed E-state index contributed by atoms with van der Waals surface area (Å²) in [6.45, 7) is 4.32. The predicted molar refractivity (Wildman–Crippen MR) is 150 cm³/mol. The van der Waals surface area contributed by atoms with Gasteiger partial charge >= 0.3 is 0 Å². The van der Waals surface area contributed by atoms with Crippen LogP contribution in [0.4, 0.5) is 5.69 Å². The van der Waals surface area contributed by atoms with Crippen LogP contribution in [0.3, 0.4) is 0 Å². The van der Waals surface area contributed by atoms with E-state index in [0.29, 0.717) is 30.5 Å². The van der Waals surface area contributed by atoms with E-state index in [9.17, 15) is 19.2 Å². The number of aromatic amines is 1. The topological polar surface area (TPSA) is 106 Å². The number of hydrogen-bond donors (Lipinski definition) is 2. The minimum absolute atomic E-state index is 0.0276. The molecule has 2 aromatic carbocycles. The Labute approximate surface area is 228 Å². The standard InChI is InChI=1S/C30H35N5O4/c1-18(2)15-24(32-28(37)20-7-9-22(10-8-20)33(3)4)30(39)34-14-12-25-27(34)26(36)17-35(25)29(38)21-6-5-19-11-13-31-23(19)16-21/h5-11,13,16,18,24-25,27,31H,12,14-15,17H2,1-4H3,(H,32,37)/t24-,25+,27-/m0/s1. The lowest BCUT2D eigenvalue weighted by atomic mass is 10.0. The molecule has 2 N–H and O–H groups in total. The van der Waals surface area contributed by atoms with Gasteiger partial charge in [0, 0.05) is 49.2 Å². The van der Waals surface area contributed by atoms with Gasteiger partial charge in [-0.3, -0.25) is 19.2 Å². The number of H-pyrrole nitrogens is 1. The summed E-state index contributed by atoms with van der Waals surface area (Å²) in [5.74, 6) is -0.813. The molecule has 2 aliphatic heterocycles. The Morgan fingerprint density at radius 2 is 1.74 bits per heavy atom. The number of amides is 3. The molecule has 5 rings (SSSR count). The zero-order chi connectivity index (χ0) is 27.8. The molecule has 0 aliphatic carbocycles. The van der Waals surface area contributed by atoms with Crippen LogP contribution in [-0.4, -0.2) is 83.6 Å². The zero-order valence-electron chi connectivity index (χ0n) is 22.8. The van der Waals surface area contributed by atoms with E-state index in [1.54, 1.807) is 34.1 Å². The number of hydrogen-bond acceptors (Lipinski definition) is 5. The fourth-order valence-corrected chi connectivity index (χ4v) is 5.73. The minimum atomic E-state index is -0.766. The van der Waals surface area contributed by atoms with Crippen LogP contribution in [0.15, 0.2) is 54.7 Å². The Balaban J connectivity index is 1.32. The second-order valence-corrected chi connectivity index (χ2v) is 11.1. The van der Waals surface area contributed by atoms with Gasteiger partial charge in [0.25, 0.3) is 11.8 Å². The normalized spacial score (nSPS) is 19.5. The third-order valence-electron chi connectivity index (χ3n) is 7.72. The first-order chi connectivity index (χ1) is 18.6. The first kappa shape index (κ1) is 26.5. The molecule has 2 fully saturated rings. The van der Waals surface area contributed by atoms with E-state index in [1.807, 2.05) is 63.3 Å². The highest BCUT2D eigenvalue weighted by molar-refractivity contribution is 6.04. The van der Waals surface area contributed by atoms with Gasteiger partial charge in [-0.15, -0.1) is 0 Å². The summed E-state index contributed by atoms with van der Waals surface area (Å²) in [5.41, 5.74) is 2.80. The largest absolute Gasteiger partial charge is 0.378 e. The van der Waals surface area contributed by atoms with Crippen molar-refractivity contribution in [1.29, 1.82) is 0 Å². The summed E-state index contributed by atoms with van der Waals surface area (Å²) in [7, 11) is 3.85. The number of Topliss-reactive ketones (excluding diaryl/α,β-unsaturated/α-hetero) is 1. The molecule has 3 amide bonds. The van der Waals surface area contributed by atoms with Crippen molar-refractivity contribution in [1.82, 2.24) is 20.1 Å². The van der Waals surface area contributed by atoms with Crippen molar-refractivity contribution in [3.63, 3.8) is 0 Å².